The zero-order chi connectivity index (χ0) is 14.3. The first-order valence-corrected chi connectivity index (χ1v) is 7.17. The van der Waals surface area contributed by atoms with Crippen molar-refractivity contribution in [1.29, 1.82) is 0 Å². The highest BCUT2D eigenvalue weighted by Gasteiger charge is 2.27. The van der Waals surface area contributed by atoms with Crippen LogP contribution in [0.2, 0.25) is 5.02 Å². The Morgan fingerprint density at radius 1 is 1.15 bits per heavy atom. The number of methoxy groups -OCH3 is 1. The van der Waals surface area contributed by atoms with Crippen molar-refractivity contribution in [1.82, 2.24) is 0 Å². The van der Waals surface area contributed by atoms with Gasteiger partial charge in [-0.1, -0.05) is 23.7 Å². The lowest BCUT2D eigenvalue weighted by Crippen LogP contribution is -2.08. The number of ether oxygens (including phenoxy) is 1. The van der Waals surface area contributed by atoms with E-state index in [2.05, 4.69) is 31.3 Å². The summed E-state index contributed by atoms with van der Waals surface area (Å²) in [6, 6.07) is 10.4. The molecule has 1 aliphatic rings. The lowest BCUT2D eigenvalue weighted by Gasteiger charge is -2.16. The topological polar surface area (TPSA) is 21.3 Å². The molecule has 3 rings (SSSR count). The standard InChI is InChI=1S/C17H18ClNO/c1-10-4-5-11(2)17-13(10)9-15(19-17)14-8-12(18)6-7-16(14)20-3/h4-8,15,19H,9H2,1-3H3. The molecule has 1 aliphatic heterocycles. The van der Waals surface area contributed by atoms with E-state index in [1.165, 1.54) is 22.4 Å². The summed E-state index contributed by atoms with van der Waals surface area (Å²) < 4.78 is 5.47. The van der Waals surface area contributed by atoms with Gasteiger partial charge in [-0.05, 0) is 55.2 Å². The second-order valence-electron chi connectivity index (χ2n) is 5.34. The molecular formula is C17H18ClNO. The molecule has 0 aromatic heterocycles. The zero-order valence-corrected chi connectivity index (χ0v) is 12.7. The number of fused-ring (bicyclic) bond motifs is 1. The van der Waals surface area contributed by atoms with Crippen LogP contribution in [0.3, 0.4) is 0 Å². The fraction of sp³-hybridized carbons (Fsp3) is 0.294. The van der Waals surface area contributed by atoms with E-state index in [4.69, 9.17) is 16.3 Å². The average molecular weight is 288 g/mol. The van der Waals surface area contributed by atoms with Crippen LogP contribution in [-0.4, -0.2) is 7.11 Å². The smallest absolute Gasteiger partial charge is 0.124 e. The monoisotopic (exact) mass is 287 g/mol. The van der Waals surface area contributed by atoms with Gasteiger partial charge in [0.15, 0.2) is 0 Å². The maximum absolute atomic E-state index is 6.14. The van der Waals surface area contributed by atoms with Gasteiger partial charge in [0.1, 0.15) is 5.75 Å². The SMILES string of the molecule is COc1ccc(Cl)cc1C1Cc2c(C)ccc(C)c2N1. The normalized spacial score (nSPS) is 16.7. The molecule has 0 bridgehead atoms. The minimum absolute atomic E-state index is 0.221. The number of nitrogens with one attached hydrogen (secondary N) is 1. The molecule has 0 saturated heterocycles. The molecule has 0 amide bonds. The molecule has 20 heavy (non-hydrogen) atoms. The first-order valence-electron chi connectivity index (χ1n) is 6.79. The first kappa shape index (κ1) is 13.3. The van der Waals surface area contributed by atoms with E-state index in [1.54, 1.807) is 7.11 Å². The summed E-state index contributed by atoms with van der Waals surface area (Å²) in [6.45, 7) is 4.31. The summed E-state index contributed by atoms with van der Waals surface area (Å²) >= 11 is 6.14. The quantitative estimate of drug-likeness (QED) is 0.866. The van der Waals surface area contributed by atoms with Gasteiger partial charge in [-0.3, -0.25) is 0 Å². The van der Waals surface area contributed by atoms with Crippen LogP contribution in [0, 0.1) is 13.8 Å². The Bertz CT molecular complexity index is 635. The van der Waals surface area contributed by atoms with E-state index in [0.717, 1.165) is 22.8 Å². The van der Waals surface area contributed by atoms with Crippen LogP contribution in [0.1, 0.15) is 28.3 Å². The Morgan fingerprint density at radius 2 is 1.90 bits per heavy atom. The Labute approximate surface area is 124 Å². The highest BCUT2D eigenvalue weighted by Crippen LogP contribution is 2.41. The number of aryl methyl sites for hydroxylation is 2. The van der Waals surface area contributed by atoms with E-state index in [1.807, 2.05) is 18.2 Å². The number of halogens is 1. The fourth-order valence-corrected chi connectivity index (χ4v) is 3.11. The molecular weight excluding hydrogens is 270 g/mol. The van der Waals surface area contributed by atoms with Gasteiger partial charge in [-0.25, -0.2) is 0 Å². The molecule has 0 saturated carbocycles. The van der Waals surface area contributed by atoms with Crippen molar-refractivity contribution in [2.45, 2.75) is 26.3 Å². The van der Waals surface area contributed by atoms with Gasteiger partial charge in [0.25, 0.3) is 0 Å². The summed E-state index contributed by atoms with van der Waals surface area (Å²) in [6.07, 6.45) is 0.972. The second kappa shape index (κ2) is 5.02. The average Bonchev–Trinajstić information content (AvgIpc) is 2.89. The fourth-order valence-electron chi connectivity index (χ4n) is 2.93. The van der Waals surface area contributed by atoms with Crippen molar-refractivity contribution in [3.63, 3.8) is 0 Å². The zero-order valence-electron chi connectivity index (χ0n) is 12.0. The van der Waals surface area contributed by atoms with Crippen molar-refractivity contribution >= 4 is 17.3 Å². The summed E-state index contributed by atoms with van der Waals surface area (Å²) in [5.74, 6) is 0.884. The van der Waals surface area contributed by atoms with Crippen molar-refractivity contribution in [2.75, 3.05) is 12.4 Å². The Hall–Kier alpha value is -1.67. The van der Waals surface area contributed by atoms with Crippen LogP contribution in [0.15, 0.2) is 30.3 Å². The highest BCUT2D eigenvalue weighted by molar-refractivity contribution is 6.30. The lowest BCUT2D eigenvalue weighted by atomic mass is 9.98. The van der Waals surface area contributed by atoms with Crippen molar-refractivity contribution < 1.29 is 4.74 Å². The lowest BCUT2D eigenvalue weighted by molar-refractivity contribution is 0.407. The van der Waals surface area contributed by atoms with Gasteiger partial charge in [0.05, 0.1) is 13.2 Å². The number of rotatable bonds is 2. The molecule has 0 spiro atoms. The number of hydrogen-bond donors (Lipinski definition) is 1. The summed E-state index contributed by atoms with van der Waals surface area (Å²) in [4.78, 5) is 0. The number of hydrogen-bond acceptors (Lipinski definition) is 2. The molecule has 0 aliphatic carbocycles. The van der Waals surface area contributed by atoms with Crippen molar-refractivity contribution in [3.8, 4) is 5.75 Å². The van der Waals surface area contributed by atoms with Gasteiger partial charge >= 0.3 is 0 Å². The van der Waals surface area contributed by atoms with Gasteiger partial charge in [0.2, 0.25) is 0 Å². The molecule has 1 N–H and O–H groups in total. The minimum atomic E-state index is 0.221. The van der Waals surface area contributed by atoms with Crippen molar-refractivity contribution in [2.24, 2.45) is 0 Å². The molecule has 104 valence electrons. The van der Waals surface area contributed by atoms with E-state index < -0.39 is 0 Å². The van der Waals surface area contributed by atoms with Crippen LogP contribution in [0.5, 0.6) is 5.75 Å². The van der Waals surface area contributed by atoms with Crippen LogP contribution in [-0.2, 0) is 6.42 Å². The predicted molar refractivity (Wildman–Crippen MR) is 84.0 cm³/mol. The van der Waals surface area contributed by atoms with Gasteiger partial charge in [-0.15, -0.1) is 0 Å². The molecule has 2 aromatic rings. The third kappa shape index (κ3) is 2.14. The Morgan fingerprint density at radius 3 is 2.60 bits per heavy atom. The van der Waals surface area contributed by atoms with Crippen LogP contribution in [0.25, 0.3) is 0 Å². The maximum Gasteiger partial charge on any atom is 0.124 e. The Kier molecular flexibility index (Phi) is 3.35. The van der Waals surface area contributed by atoms with E-state index >= 15 is 0 Å². The van der Waals surface area contributed by atoms with Gasteiger partial charge < -0.3 is 10.1 Å². The summed E-state index contributed by atoms with van der Waals surface area (Å²) in [5, 5.41) is 4.37. The van der Waals surface area contributed by atoms with Gasteiger partial charge in [0, 0.05) is 16.3 Å². The van der Waals surface area contributed by atoms with E-state index in [9.17, 15) is 0 Å². The summed E-state index contributed by atoms with van der Waals surface area (Å²) in [7, 11) is 1.70. The third-order valence-electron chi connectivity index (χ3n) is 4.05. The summed E-state index contributed by atoms with van der Waals surface area (Å²) in [5.41, 5.74) is 6.40. The minimum Gasteiger partial charge on any atom is -0.496 e. The molecule has 1 unspecified atom stereocenters. The van der Waals surface area contributed by atoms with Crippen LogP contribution < -0.4 is 10.1 Å². The predicted octanol–water partition coefficient (Wildman–Crippen LogP) is 4.67. The largest absolute Gasteiger partial charge is 0.496 e. The first-order chi connectivity index (χ1) is 9.60. The van der Waals surface area contributed by atoms with E-state index in [-0.39, 0.29) is 6.04 Å². The highest BCUT2D eigenvalue weighted by atomic mass is 35.5. The van der Waals surface area contributed by atoms with Crippen LogP contribution >= 0.6 is 11.6 Å². The second-order valence-corrected chi connectivity index (χ2v) is 5.78. The third-order valence-corrected chi connectivity index (χ3v) is 4.28. The van der Waals surface area contributed by atoms with E-state index in [0.29, 0.717) is 0 Å². The molecule has 1 atom stereocenters. The Balaban J connectivity index is 2.02. The molecule has 0 radical (unpaired) electrons. The van der Waals surface area contributed by atoms with Crippen LogP contribution in [0.4, 0.5) is 5.69 Å². The molecule has 2 nitrogen and oxygen atoms in total. The molecule has 3 heteroatoms. The molecule has 2 aromatic carbocycles. The maximum atomic E-state index is 6.14. The van der Waals surface area contributed by atoms with Crippen molar-refractivity contribution in [3.05, 3.63) is 57.6 Å². The van der Waals surface area contributed by atoms with Gasteiger partial charge in [-0.2, -0.15) is 0 Å². The number of benzene rings is 2. The molecule has 1 heterocycles. The molecule has 0 fully saturated rings. The number of anilines is 1.